The zero-order valence-electron chi connectivity index (χ0n) is 12.3. The second-order valence-electron chi connectivity index (χ2n) is 5.51. The van der Waals surface area contributed by atoms with Crippen LogP contribution in [0.3, 0.4) is 0 Å². The third-order valence-corrected chi connectivity index (χ3v) is 3.52. The number of nitrogens with zero attached hydrogens (tertiary/aromatic N) is 4. The van der Waals surface area contributed by atoms with Gasteiger partial charge in [-0.05, 0) is 12.8 Å². The molecule has 2 heterocycles. The lowest BCUT2D eigenvalue weighted by atomic mass is 10.2. The summed E-state index contributed by atoms with van der Waals surface area (Å²) in [6.45, 7) is 4.27. The van der Waals surface area contributed by atoms with Crippen LogP contribution in [0.4, 0.5) is 5.82 Å². The van der Waals surface area contributed by atoms with Gasteiger partial charge in [0.15, 0.2) is 5.82 Å². The lowest BCUT2D eigenvalue weighted by Crippen LogP contribution is -2.39. The molecule has 2 rings (SSSR count). The van der Waals surface area contributed by atoms with E-state index in [0.717, 1.165) is 12.8 Å². The summed E-state index contributed by atoms with van der Waals surface area (Å²) in [5.41, 5.74) is 0. The number of anilines is 1. The molecule has 0 aromatic carbocycles. The second-order valence-corrected chi connectivity index (χ2v) is 5.51. The molecular weight excluding hydrogens is 274 g/mol. The van der Waals surface area contributed by atoms with Crippen molar-refractivity contribution in [2.75, 3.05) is 18.5 Å². The number of nitrogens with one attached hydrogen (secondary N) is 1. The molecule has 0 bridgehead atoms. The smallest absolute Gasteiger partial charge is 0.244 e. The van der Waals surface area contributed by atoms with E-state index in [1.807, 2.05) is 0 Å². The molecule has 8 heteroatoms. The quantitative estimate of drug-likeness (QED) is 0.787. The molecule has 0 aliphatic carbocycles. The first-order valence-electron chi connectivity index (χ1n) is 7.12. The zero-order valence-corrected chi connectivity index (χ0v) is 12.3. The molecule has 1 aliphatic heterocycles. The Bertz CT molecular complexity index is 514. The van der Waals surface area contributed by atoms with Crippen LogP contribution in [0.5, 0.6) is 0 Å². The molecule has 2 amide bonds. The predicted molar refractivity (Wildman–Crippen MR) is 75.3 cm³/mol. The van der Waals surface area contributed by atoms with Gasteiger partial charge in [-0.3, -0.25) is 9.59 Å². The summed E-state index contributed by atoms with van der Waals surface area (Å²) in [4.78, 5) is 25.4. The van der Waals surface area contributed by atoms with E-state index in [2.05, 4.69) is 15.6 Å². The van der Waals surface area contributed by atoms with Gasteiger partial charge < -0.3 is 15.3 Å². The average Bonchev–Trinajstić information content (AvgIpc) is 3.07. The van der Waals surface area contributed by atoms with Gasteiger partial charge in [0, 0.05) is 12.5 Å². The molecule has 1 aliphatic rings. The van der Waals surface area contributed by atoms with E-state index < -0.39 is 0 Å². The van der Waals surface area contributed by atoms with E-state index in [4.69, 9.17) is 0 Å². The molecular formula is C13H21N5O3. The highest BCUT2D eigenvalue weighted by molar-refractivity contribution is 5.90. The van der Waals surface area contributed by atoms with Crippen molar-refractivity contribution in [1.82, 2.24) is 19.9 Å². The average molecular weight is 295 g/mol. The monoisotopic (exact) mass is 295 g/mol. The van der Waals surface area contributed by atoms with Gasteiger partial charge in [0.05, 0.1) is 18.8 Å². The van der Waals surface area contributed by atoms with Crippen LogP contribution < -0.4 is 5.32 Å². The highest BCUT2D eigenvalue weighted by Crippen LogP contribution is 2.17. The van der Waals surface area contributed by atoms with Gasteiger partial charge in [-0.1, -0.05) is 19.1 Å². The summed E-state index contributed by atoms with van der Waals surface area (Å²) in [5, 5.41) is 19.5. The third kappa shape index (κ3) is 3.78. The lowest BCUT2D eigenvalue weighted by Gasteiger charge is -2.22. The first-order chi connectivity index (χ1) is 10.0. The van der Waals surface area contributed by atoms with Crippen molar-refractivity contribution in [2.24, 2.45) is 5.92 Å². The van der Waals surface area contributed by atoms with Gasteiger partial charge >= 0.3 is 0 Å². The first-order valence-corrected chi connectivity index (χ1v) is 7.12. The van der Waals surface area contributed by atoms with Crippen molar-refractivity contribution >= 4 is 17.6 Å². The van der Waals surface area contributed by atoms with Crippen molar-refractivity contribution in [1.29, 1.82) is 0 Å². The number of hydrogen-bond donors (Lipinski definition) is 2. The largest absolute Gasteiger partial charge is 0.394 e. The fourth-order valence-corrected chi connectivity index (χ4v) is 2.29. The van der Waals surface area contributed by atoms with Gasteiger partial charge in [0.1, 0.15) is 6.54 Å². The normalized spacial score (nSPS) is 18.3. The molecule has 8 nitrogen and oxygen atoms in total. The maximum atomic E-state index is 12.2. The van der Waals surface area contributed by atoms with Crippen molar-refractivity contribution in [2.45, 2.75) is 39.3 Å². The summed E-state index contributed by atoms with van der Waals surface area (Å²) in [7, 11) is 0. The molecule has 1 unspecified atom stereocenters. The number of aromatic nitrogens is 3. The predicted octanol–water partition coefficient (Wildman–Crippen LogP) is -0.144. The fraction of sp³-hybridized carbons (Fsp3) is 0.692. The number of amides is 2. The Morgan fingerprint density at radius 3 is 2.95 bits per heavy atom. The summed E-state index contributed by atoms with van der Waals surface area (Å²) < 4.78 is 1.39. The Hall–Kier alpha value is -1.96. The van der Waals surface area contributed by atoms with Gasteiger partial charge in [-0.15, -0.1) is 5.10 Å². The Morgan fingerprint density at radius 2 is 2.29 bits per heavy atom. The highest BCUT2D eigenvalue weighted by atomic mass is 16.3. The number of carbonyl (C=O) groups excluding carboxylic acids is 2. The van der Waals surface area contributed by atoms with E-state index >= 15 is 0 Å². The fourth-order valence-electron chi connectivity index (χ4n) is 2.29. The first kappa shape index (κ1) is 15.4. The Labute approximate surface area is 123 Å². The molecule has 0 radical (unpaired) electrons. The Balaban J connectivity index is 1.93. The number of hydrogen-bond acceptors (Lipinski definition) is 5. The Kier molecular flexibility index (Phi) is 4.89. The number of likely N-dealkylation sites (tertiary alicyclic amines) is 1. The summed E-state index contributed by atoms with van der Waals surface area (Å²) >= 11 is 0. The van der Waals surface area contributed by atoms with E-state index in [1.54, 1.807) is 18.7 Å². The second kappa shape index (κ2) is 6.66. The van der Waals surface area contributed by atoms with Crippen molar-refractivity contribution in [3.63, 3.8) is 0 Å². The van der Waals surface area contributed by atoms with E-state index in [0.29, 0.717) is 12.4 Å². The molecule has 21 heavy (non-hydrogen) atoms. The minimum atomic E-state index is -0.147. The molecule has 1 saturated heterocycles. The zero-order chi connectivity index (χ0) is 15.4. The van der Waals surface area contributed by atoms with E-state index in [1.165, 1.54) is 10.9 Å². The van der Waals surface area contributed by atoms with Crippen LogP contribution in [0.2, 0.25) is 0 Å². The minimum absolute atomic E-state index is 0.0151. The van der Waals surface area contributed by atoms with Crippen LogP contribution in [0, 0.1) is 5.92 Å². The summed E-state index contributed by atoms with van der Waals surface area (Å²) in [6, 6.07) is -0.0962. The van der Waals surface area contributed by atoms with Gasteiger partial charge in [0.25, 0.3) is 0 Å². The number of aliphatic hydroxyl groups excluding tert-OH is 1. The maximum Gasteiger partial charge on any atom is 0.244 e. The summed E-state index contributed by atoms with van der Waals surface area (Å²) in [6.07, 6.45) is 3.27. The molecule has 2 N–H and O–H groups in total. The molecule has 1 aromatic heterocycles. The molecule has 1 atom stereocenters. The standard InChI is InChI=1S/C13H21N5O3/c1-9(2)13(21)14-11-6-17(16-15-11)7-12(20)18-5-3-4-10(18)8-19/h6,9-10,19H,3-5,7-8H2,1-2H3,(H,14,21). The molecule has 0 spiro atoms. The van der Waals surface area contributed by atoms with Crippen LogP contribution >= 0.6 is 0 Å². The highest BCUT2D eigenvalue weighted by Gasteiger charge is 2.28. The van der Waals surface area contributed by atoms with Crippen LogP contribution in [-0.4, -0.2) is 56.0 Å². The van der Waals surface area contributed by atoms with Crippen LogP contribution in [-0.2, 0) is 16.1 Å². The van der Waals surface area contributed by atoms with Gasteiger partial charge in [0.2, 0.25) is 11.8 Å². The molecule has 1 fully saturated rings. The van der Waals surface area contributed by atoms with Crippen LogP contribution in [0.15, 0.2) is 6.20 Å². The number of aliphatic hydroxyl groups is 1. The van der Waals surface area contributed by atoms with E-state index in [9.17, 15) is 14.7 Å². The summed E-state index contributed by atoms with van der Waals surface area (Å²) in [5.74, 6) is -0.0558. The van der Waals surface area contributed by atoms with Gasteiger partial charge in [-0.2, -0.15) is 0 Å². The van der Waals surface area contributed by atoms with Crippen molar-refractivity contribution in [3.8, 4) is 0 Å². The third-order valence-electron chi connectivity index (χ3n) is 3.52. The SMILES string of the molecule is CC(C)C(=O)Nc1cn(CC(=O)N2CCCC2CO)nn1. The number of rotatable bonds is 5. The van der Waals surface area contributed by atoms with Crippen molar-refractivity contribution < 1.29 is 14.7 Å². The molecule has 1 aromatic rings. The Morgan fingerprint density at radius 1 is 1.52 bits per heavy atom. The minimum Gasteiger partial charge on any atom is -0.394 e. The maximum absolute atomic E-state index is 12.2. The van der Waals surface area contributed by atoms with Gasteiger partial charge in [-0.25, -0.2) is 4.68 Å². The molecule has 0 saturated carbocycles. The number of carbonyl (C=O) groups is 2. The lowest BCUT2D eigenvalue weighted by molar-refractivity contribution is -0.133. The van der Waals surface area contributed by atoms with E-state index in [-0.39, 0.29) is 36.9 Å². The topological polar surface area (TPSA) is 100 Å². The molecule has 116 valence electrons. The van der Waals surface area contributed by atoms with Crippen LogP contribution in [0.25, 0.3) is 0 Å². The van der Waals surface area contributed by atoms with Crippen molar-refractivity contribution in [3.05, 3.63) is 6.20 Å². The van der Waals surface area contributed by atoms with Crippen LogP contribution in [0.1, 0.15) is 26.7 Å².